The highest BCUT2D eigenvalue weighted by Crippen LogP contribution is 2.25. The molecule has 0 bridgehead atoms. The normalized spacial score (nSPS) is 17.4. The molecule has 4 heteroatoms. The first-order chi connectivity index (χ1) is 7.52. The summed E-state index contributed by atoms with van der Waals surface area (Å²) in [6.07, 6.45) is 5.22. The van der Waals surface area contributed by atoms with Crippen LogP contribution in [0.25, 0.3) is 0 Å². The predicted octanol–water partition coefficient (Wildman–Crippen LogP) is 1.89. The van der Waals surface area contributed by atoms with Crippen molar-refractivity contribution in [2.45, 2.75) is 52.0 Å². The predicted molar refractivity (Wildman–Crippen MR) is 61.1 cm³/mol. The van der Waals surface area contributed by atoms with Crippen molar-refractivity contribution >= 4 is 11.9 Å². The molecule has 0 aromatic rings. The number of rotatable bonds is 4. The van der Waals surface area contributed by atoms with Crippen LogP contribution in [0.15, 0.2) is 0 Å². The van der Waals surface area contributed by atoms with Crippen LogP contribution in [-0.2, 0) is 9.59 Å². The van der Waals surface area contributed by atoms with Crippen molar-refractivity contribution in [1.82, 2.24) is 4.90 Å². The summed E-state index contributed by atoms with van der Waals surface area (Å²) >= 11 is 0. The molecule has 1 amide bonds. The number of carboxylic acid groups (broad SMARTS) is 1. The van der Waals surface area contributed by atoms with Crippen LogP contribution >= 0.6 is 0 Å². The van der Waals surface area contributed by atoms with Gasteiger partial charge in [-0.15, -0.1) is 0 Å². The van der Waals surface area contributed by atoms with E-state index >= 15 is 0 Å². The maximum Gasteiger partial charge on any atom is 0.323 e. The molecule has 4 nitrogen and oxygen atoms in total. The van der Waals surface area contributed by atoms with Crippen molar-refractivity contribution in [3.8, 4) is 0 Å². The lowest BCUT2D eigenvalue weighted by Gasteiger charge is -2.30. The molecule has 1 N–H and O–H groups in total. The van der Waals surface area contributed by atoms with Crippen LogP contribution < -0.4 is 0 Å². The Morgan fingerprint density at radius 3 is 2.25 bits per heavy atom. The second-order valence-corrected chi connectivity index (χ2v) is 4.79. The first-order valence-electron chi connectivity index (χ1n) is 6.04. The van der Waals surface area contributed by atoms with Gasteiger partial charge in [-0.1, -0.05) is 19.3 Å². The zero-order chi connectivity index (χ0) is 12.1. The number of amides is 1. The molecule has 0 unspecified atom stereocenters. The number of carbonyl (C=O) groups is 2. The minimum atomic E-state index is -0.933. The van der Waals surface area contributed by atoms with E-state index in [0.717, 1.165) is 25.7 Å². The lowest BCUT2D eigenvalue weighted by atomic mass is 9.88. The first-order valence-corrected chi connectivity index (χ1v) is 6.04. The average Bonchev–Trinajstić information content (AvgIpc) is 2.25. The summed E-state index contributed by atoms with van der Waals surface area (Å²) in [6, 6.07) is -0.0365. The average molecular weight is 227 g/mol. The molecule has 1 rings (SSSR count). The maximum atomic E-state index is 12.1. The van der Waals surface area contributed by atoms with Crippen molar-refractivity contribution in [2.75, 3.05) is 6.54 Å². The van der Waals surface area contributed by atoms with Gasteiger partial charge >= 0.3 is 5.97 Å². The van der Waals surface area contributed by atoms with Crippen LogP contribution in [0.1, 0.15) is 46.0 Å². The van der Waals surface area contributed by atoms with Gasteiger partial charge in [0.1, 0.15) is 6.54 Å². The molecule has 1 aliphatic rings. The molecule has 0 aromatic carbocycles. The van der Waals surface area contributed by atoms with Crippen LogP contribution in [0, 0.1) is 5.92 Å². The number of carbonyl (C=O) groups excluding carboxylic acids is 1. The van der Waals surface area contributed by atoms with E-state index in [9.17, 15) is 9.59 Å². The van der Waals surface area contributed by atoms with E-state index in [0.29, 0.717) is 0 Å². The topological polar surface area (TPSA) is 57.6 Å². The molecule has 1 aliphatic carbocycles. The van der Waals surface area contributed by atoms with Gasteiger partial charge in [0.05, 0.1) is 0 Å². The SMILES string of the molecule is CC(C)N(CC(=O)O)C(=O)C1CCCCC1. The summed E-state index contributed by atoms with van der Waals surface area (Å²) in [5.74, 6) is -0.856. The van der Waals surface area contributed by atoms with Gasteiger partial charge in [0.25, 0.3) is 0 Å². The summed E-state index contributed by atoms with van der Waals surface area (Å²) in [6.45, 7) is 3.56. The zero-order valence-corrected chi connectivity index (χ0v) is 10.1. The Bertz CT molecular complexity index is 257. The molecule has 0 aliphatic heterocycles. The Morgan fingerprint density at radius 1 is 1.25 bits per heavy atom. The fraction of sp³-hybridized carbons (Fsp3) is 0.833. The molecular formula is C12H21NO3. The van der Waals surface area contributed by atoms with Gasteiger partial charge in [-0.2, -0.15) is 0 Å². The zero-order valence-electron chi connectivity index (χ0n) is 10.1. The third-order valence-corrected chi connectivity index (χ3v) is 3.17. The smallest absolute Gasteiger partial charge is 0.323 e. The fourth-order valence-electron chi connectivity index (χ4n) is 2.24. The number of carboxylic acids is 1. The molecule has 0 atom stereocenters. The second-order valence-electron chi connectivity index (χ2n) is 4.79. The minimum Gasteiger partial charge on any atom is -0.480 e. The van der Waals surface area contributed by atoms with E-state index in [1.54, 1.807) is 0 Å². The highest BCUT2D eigenvalue weighted by atomic mass is 16.4. The van der Waals surface area contributed by atoms with E-state index in [1.807, 2.05) is 13.8 Å². The Labute approximate surface area is 96.6 Å². The molecule has 0 spiro atoms. The number of nitrogens with zero attached hydrogens (tertiary/aromatic N) is 1. The summed E-state index contributed by atoms with van der Waals surface area (Å²) in [5.41, 5.74) is 0. The largest absolute Gasteiger partial charge is 0.480 e. The quantitative estimate of drug-likeness (QED) is 0.797. The monoisotopic (exact) mass is 227 g/mol. The summed E-state index contributed by atoms with van der Waals surface area (Å²) in [7, 11) is 0. The van der Waals surface area contributed by atoms with Gasteiger partial charge in [0.2, 0.25) is 5.91 Å². The molecular weight excluding hydrogens is 206 g/mol. The Hall–Kier alpha value is -1.06. The molecule has 1 saturated carbocycles. The minimum absolute atomic E-state index is 0.0251. The molecule has 0 radical (unpaired) electrons. The lowest BCUT2D eigenvalue weighted by molar-refractivity contribution is -0.148. The molecule has 0 heterocycles. The highest BCUT2D eigenvalue weighted by molar-refractivity contribution is 5.83. The summed E-state index contributed by atoms with van der Waals surface area (Å²) in [5, 5.41) is 8.79. The van der Waals surface area contributed by atoms with Gasteiger partial charge in [-0.3, -0.25) is 9.59 Å². The van der Waals surface area contributed by atoms with E-state index in [1.165, 1.54) is 11.3 Å². The van der Waals surface area contributed by atoms with E-state index in [-0.39, 0.29) is 24.4 Å². The molecule has 92 valence electrons. The third-order valence-electron chi connectivity index (χ3n) is 3.17. The molecule has 0 aromatic heterocycles. The van der Waals surface area contributed by atoms with Gasteiger partial charge in [-0.05, 0) is 26.7 Å². The van der Waals surface area contributed by atoms with Crippen molar-refractivity contribution < 1.29 is 14.7 Å². The maximum absolute atomic E-state index is 12.1. The van der Waals surface area contributed by atoms with Gasteiger partial charge in [0.15, 0.2) is 0 Å². The standard InChI is InChI=1S/C12H21NO3/c1-9(2)13(8-11(14)15)12(16)10-6-4-3-5-7-10/h9-10H,3-8H2,1-2H3,(H,14,15). The first kappa shape index (κ1) is 13.0. The van der Waals surface area contributed by atoms with Crippen molar-refractivity contribution in [1.29, 1.82) is 0 Å². The van der Waals surface area contributed by atoms with Gasteiger partial charge in [0, 0.05) is 12.0 Å². The molecule has 16 heavy (non-hydrogen) atoms. The highest BCUT2D eigenvalue weighted by Gasteiger charge is 2.28. The lowest BCUT2D eigenvalue weighted by Crippen LogP contribution is -2.44. The number of aliphatic carboxylic acids is 1. The Morgan fingerprint density at radius 2 is 1.81 bits per heavy atom. The fourth-order valence-corrected chi connectivity index (χ4v) is 2.24. The van der Waals surface area contributed by atoms with Gasteiger partial charge < -0.3 is 10.0 Å². The van der Waals surface area contributed by atoms with Crippen molar-refractivity contribution in [3.05, 3.63) is 0 Å². The second kappa shape index (κ2) is 5.87. The Kier molecular flexibility index (Phi) is 4.77. The van der Waals surface area contributed by atoms with Crippen LogP contribution in [0.4, 0.5) is 0 Å². The van der Waals surface area contributed by atoms with Crippen LogP contribution in [0.3, 0.4) is 0 Å². The van der Waals surface area contributed by atoms with Crippen LogP contribution in [0.5, 0.6) is 0 Å². The third kappa shape index (κ3) is 3.51. The Balaban J connectivity index is 2.61. The number of hydrogen-bond acceptors (Lipinski definition) is 2. The van der Waals surface area contributed by atoms with Crippen molar-refractivity contribution in [2.24, 2.45) is 5.92 Å². The van der Waals surface area contributed by atoms with E-state index in [4.69, 9.17) is 5.11 Å². The van der Waals surface area contributed by atoms with Crippen molar-refractivity contribution in [3.63, 3.8) is 0 Å². The van der Waals surface area contributed by atoms with Crippen LogP contribution in [-0.4, -0.2) is 34.5 Å². The van der Waals surface area contributed by atoms with E-state index < -0.39 is 5.97 Å². The molecule has 1 fully saturated rings. The summed E-state index contributed by atoms with van der Waals surface area (Å²) < 4.78 is 0. The van der Waals surface area contributed by atoms with Gasteiger partial charge in [-0.25, -0.2) is 0 Å². The summed E-state index contributed by atoms with van der Waals surface area (Å²) in [4.78, 5) is 24.3. The van der Waals surface area contributed by atoms with E-state index in [2.05, 4.69) is 0 Å². The number of hydrogen-bond donors (Lipinski definition) is 1. The molecule has 0 saturated heterocycles. The van der Waals surface area contributed by atoms with Crippen LogP contribution in [0.2, 0.25) is 0 Å².